The number of benzene rings is 3. The highest BCUT2D eigenvalue weighted by atomic mass is 19.1. The molecule has 3 rings (SSSR count). The molecule has 0 radical (unpaired) electrons. The van der Waals surface area contributed by atoms with Gasteiger partial charge in [-0.05, 0) is 54.1 Å². The fourth-order valence-corrected chi connectivity index (χ4v) is 2.73. The van der Waals surface area contributed by atoms with Gasteiger partial charge in [-0.2, -0.15) is 0 Å². The van der Waals surface area contributed by atoms with Crippen LogP contribution in [0.1, 0.15) is 27.6 Å². The molecular weight excluding hydrogens is 361 g/mol. The van der Waals surface area contributed by atoms with E-state index in [9.17, 15) is 18.8 Å². The SMILES string of the molecule is C[C@@H](OC(=O)CNC(=O)c1ccc2ccccc2c1)C(=O)c1ccc(F)cc1. The maximum absolute atomic E-state index is 12.9. The lowest BCUT2D eigenvalue weighted by Gasteiger charge is -2.13. The molecule has 1 atom stereocenters. The van der Waals surface area contributed by atoms with Gasteiger partial charge in [-0.15, -0.1) is 0 Å². The fraction of sp³-hybridized carbons (Fsp3) is 0.136. The number of carbonyl (C=O) groups excluding carboxylic acids is 3. The van der Waals surface area contributed by atoms with Crippen molar-refractivity contribution in [1.29, 1.82) is 0 Å². The third kappa shape index (κ3) is 4.59. The normalized spacial score (nSPS) is 11.6. The van der Waals surface area contributed by atoms with E-state index in [0.29, 0.717) is 5.56 Å². The highest BCUT2D eigenvalue weighted by molar-refractivity contribution is 6.01. The van der Waals surface area contributed by atoms with Gasteiger partial charge < -0.3 is 10.1 Å². The molecule has 1 N–H and O–H groups in total. The van der Waals surface area contributed by atoms with Crippen LogP contribution in [-0.2, 0) is 9.53 Å². The number of halogens is 1. The van der Waals surface area contributed by atoms with Crippen LogP contribution in [0.15, 0.2) is 66.7 Å². The molecule has 5 nitrogen and oxygen atoms in total. The number of amides is 1. The Morgan fingerprint density at radius 1 is 0.929 bits per heavy atom. The molecule has 0 saturated heterocycles. The van der Waals surface area contributed by atoms with Crippen molar-refractivity contribution in [1.82, 2.24) is 5.32 Å². The summed E-state index contributed by atoms with van der Waals surface area (Å²) < 4.78 is 18.0. The first-order chi connectivity index (χ1) is 13.4. The molecule has 1 amide bonds. The molecule has 3 aromatic carbocycles. The van der Waals surface area contributed by atoms with E-state index in [1.807, 2.05) is 30.3 Å². The van der Waals surface area contributed by atoms with Crippen molar-refractivity contribution in [2.45, 2.75) is 13.0 Å². The van der Waals surface area contributed by atoms with Gasteiger partial charge in [0.05, 0.1) is 0 Å². The number of ether oxygens (including phenoxy) is 1. The Bertz CT molecular complexity index is 1030. The molecule has 0 aromatic heterocycles. The molecule has 142 valence electrons. The molecular formula is C22H18FNO4. The van der Waals surface area contributed by atoms with Crippen molar-refractivity contribution in [2.75, 3.05) is 6.54 Å². The average Bonchev–Trinajstić information content (AvgIpc) is 2.71. The van der Waals surface area contributed by atoms with Crippen LogP contribution in [0.25, 0.3) is 10.8 Å². The van der Waals surface area contributed by atoms with Crippen LogP contribution in [-0.4, -0.2) is 30.3 Å². The maximum atomic E-state index is 12.9. The van der Waals surface area contributed by atoms with Crippen molar-refractivity contribution < 1.29 is 23.5 Å². The number of hydrogen-bond acceptors (Lipinski definition) is 4. The van der Waals surface area contributed by atoms with Crippen molar-refractivity contribution in [2.24, 2.45) is 0 Å². The summed E-state index contributed by atoms with van der Waals surface area (Å²) in [5.74, 6) is -2.07. The minimum atomic E-state index is -1.05. The minimum Gasteiger partial charge on any atom is -0.453 e. The molecule has 28 heavy (non-hydrogen) atoms. The van der Waals surface area contributed by atoms with Gasteiger partial charge in [-0.3, -0.25) is 14.4 Å². The largest absolute Gasteiger partial charge is 0.453 e. The van der Waals surface area contributed by atoms with E-state index >= 15 is 0 Å². The number of ketones is 1. The molecule has 0 saturated carbocycles. The molecule has 0 heterocycles. The lowest BCUT2D eigenvalue weighted by Crippen LogP contribution is -2.34. The Hall–Kier alpha value is -3.54. The summed E-state index contributed by atoms with van der Waals surface area (Å²) in [6, 6.07) is 17.8. The van der Waals surface area contributed by atoms with Crippen LogP contribution in [0.4, 0.5) is 4.39 Å². The first kappa shape index (κ1) is 19.2. The zero-order valence-electron chi connectivity index (χ0n) is 15.1. The number of hydrogen-bond donors (Lipinski definition) is 1. The van der Waals surface area contributed by atoms with Crippen LogP contribution in [0, 0.1) is 5.82 Å². The van der Waals surface area contributed by atoms with Gasteiger partial charge in [0.25, 0.3) is 5.91 Å². The molecule has 0 aliphatic rings. The summed E-state index contributed by atoms with van der Waals surface area (Å²) in [7, 11) is 0. The second-order valence-corrected chi connectivity index (χ2v) is 6.25. The molecule has 3 aromatic rings. The van der Waals surface area contributed by atoms with E-state index < -0.39 is 29.6 Å². The third-order valence-electron chi connectivity index (χ3n) is 4.21. The second-order valence-electron chi connectivity index (χ2n) is 6.25. The topological polar surface area (TPSA) is 72.5 Å². The van der Waals surface area contributed by atoms with Crippen molar-refractivity contribution in [3.8, 4) is 0 Å². The van der Waals surface area contributed by atoms with E-state index in [1.54, 1.807) is 12.1 Å². The van der Waals surface area contributed by atoms with Gasteiger partial charge >= 0.3 is 5.97 Å². The van der Waals surface area contributed by atoms with Gasteiger partial charge in [-0.25, -0.2) is 4.39 Å². The van der Waals surface area contributed by atoms with E-state index in [1.165, 1.54) is 19.1 Å². The molecule has 0 aliphatic heterocycles. The van der Waals surface area contributed by atoms with Gasteiger partial charge in [0.1, 0.15) is 12.4 Å². The zero-order chi connectivity index (χ0) is 20.1. The monoisotopic (exact) mass is 379 g/mol. The van der Waals surface area contributed by atoms with Crippen molar-refractivity contribution >= 4 is 28.4 Å². The summed E-state index contributed by atoms with van der Waals surface area (Å²) in [6.45, 7) is 1.06. The lowest BCUT2D eigenvalue weighted by atomic mass is 10.1. The Morgan fingerprint density at radius 3 is 2.29 bits per heavy atom. The van der Waals surface area contributed by atoms with E-state index in [4.69, 9.17) is 4.74 Å². The number of esters is 1. The highest BCUT2D eigenvalue weighted by Gasteiger charge is 2.20. The van der Waals surface area contributed by atoms with Crippen LogP contribution >= 0.6 is 0 Å². The first-order valence-corrected chi connectivity index (χ1v) is 8.70. The van der Waals surface area contributed by atoms with Crippen LogP contribution in [0.2, 0.25) is 0 Å². The maximum Gasteiger partial charge on any atom is 0.326 e. The van der Waals surface area contributed by atoms with Crippen LogP contribution in [0.3, 0.4) is 0 Å². The van der Waals surface area contributed by atoms with Crippen molar-refractivity contribution in [3.05, 3.63) is 83.7 Å². The van der Waals surface area contributed by atoms with Gasteiger partial charge in [0, 0.05) is 11.1 Å². The van der Waals surface area contributed by atoms with Crippen molar-refractivity contribution in [3.63, 3.8) is 0 Å². The van der Waals surface area contributed by atoms with E-state index in [-0.39, 0.29) is 12.1 Å². The fourth-order valence-electron chi connectivity index (χ4n) is 2.73. The number of rotatable bonds is 6. The molecule has 6 heteroatoms. The molecule has 0 unspecified atom stereocenters. The molecule has 0 aliphatic carbocycles. The summed E-state index contributed by atoms with van der Waals surface area (Å²) >= 11 is 0. The number of Topliss-reactive ketones (excluding diaryl/α,β-unsaturated/α-hetero) is 1. The first-order valence-electron chi connectivity index (χ1n) is 8.70. The average molecular weight is 379 g/mol. The third-order valence-corrected chi connectivity index (χ3v) is 4.21. The van der Waals surface area contributed by atoms with Crippen LogP contribution < -0.4 is 5.32 Å². The molecule has 0 bridgehead atoms. The smallest absolute Gasteiger partial charge is 0.326 e. The summed E-state index contributed by atoms with van der Waals surface area (Å²) in [5.41, 5.74) is 0.656. The van der Waals surface area contributed by atoms with Gasteiger partial charge in [-0.1, -0.05) is 30.3 Å². The van der Waals surface area contributed by atoms with Gasteiger partial charge in [0.15, 0.2) is 6.10 Å². The zero-order valence-corrected chi connectivity index (χ0v) is 15.1. The summed E-state index contributed by atoms with van der Waals surface area (Å²) in [6.07, 6.45) is -1.05. The number of nitrogens with one attached hydrogen (secondary N) is 1. The molecule has 0 fully saturated rings. The Kier molecular flexibility index (Phi) is 5.79. The Balaban J connectivity index is 1.54. The van der Waals surface area contributed by atoms with Crippen LogP contribution in [0.5, 0.6) is 0 Å². The second kappa shape index (κ2) is 8.43. The number of carbonyl (C=O) groups is 3. The minimum absolute atomic E-state index is 0.238. The van der Waals surface area contributed by atoms with E-state index in [2.05, 4.69) is 5.32 Å². The van der Waals surface area contributed by atoms with E-state index in [0.717, 1.165) is 22.9 Å². The predicted molar refractivity (Wildman–Crippen MR) is 103 cm³/mol. The summed E-state index contributed by atoms with van der Waals surface area (Å²) in [4.78, 5) is 36.4. The highest BCUT2D eigenvalue weighted by Crippen LogP contribution is 2.15. The quantitative estimate of drug-likeness (QED) is 0.525. The Labute approximate surface area is 161 Å². The Morgan fingerprint density at radius 2 is 1.57 bits per heavy atom. The molecule has 0 spiro atoms. The summed E-state index contributed by atoms with van der Waals surface area (Å²) in [5, 5.41) is 4.40. The predicted octanol–water partition coefficient (Wildman–Crippen LogP) is 3.52. The lowest BCUT2D eigenvalue weighted by molar-refractivity contribution is -0.145. The number of fused-ring (bicyclic) bond motifs is 1. The standard InChI is InChI=1S/C22H18FNO4/c1-14(21(26)16-8-10-19(23)11-9-16)28-20(25)13-24-22(27)18-7-6-15-4-2-3-5-17(15)12-18/h2-12,14H,13H2,1H3,(H,24,27)/t14-/m1/s1. The van der Waals surface area contributed by atoms with Gasteiger partial charge in [0.2, 0.25) is 5.78 Å².